The van der Waals surface area contributed by atoms with E-state index in [0.717, 1.165) is 65.7 Å². The predicted octanol–water partition coefficient (Wildman–Crippen LogP) is 4.76. The summed E-state index contributed by atoms with van der Waals surface area (Å²) >= 11 is 0.802. The number of hydrogen-bond donors (Lipinski definition) is 4. The molecule has 3 amide bonds. The number of nitrogens with zero attached hydrogens (tertiary/aromatic N) is 2. The van der Waals surface area contributed by atoms with Gasteiger partial charge in [-0.2, -0.15) is 4.37 Å². The number of nitrogens with one attached hydrogen (secondary N) is 2. The first-order valence-electron chi connectivity index (χ1n) is 13.1. The number of aryl methyl sites for hydroxylation is 2. The topological polar surface area (TPSA) is 147 Å². The number of carbonyl (C=O) groups is 3. The van der Waals surface area contributed by atoms with Crippen LogP contribution in [0.2, 0.25) is 0 Å². The van der Waals surface area contributed by atoms with Crippen LogP contribution in [0, 0.1) is 13.8 Å². The van der Waals surface area contributed by atoms with Gasteiger partial charge in [-0.05, 0) is 67.5 Å². The van der Waals surface area contributed by atoms with E-state index in [9.17, 15) is 14.4 Å². The quantitative estimate of drug-likeness (QED) is 0.265. The van der Waals surface area contributed by atoms with Gasteiger partial charge in [0.1, 0.15) is 10.9 Å². The summed E-state index contributed by atoms with van der Waals surface area (Å²) in [6.45, 7) is 3.94. The summed E-state index contributed by atoms with van der Waals surface area (Å²) in [6.07, 6.45) is 6.83. The maximum atomic E-state index is 14.3. The molecule has 9 nitrogen and oxygen atoms in total. The third-order valence-electron chi connectivity index (χ3n) is 7.52. The fourth-order valence-corrected chi connectivity index (χ4v) is 5.98. The van der Waals surface area contributed by atoms with Crippen molar-refractivity contribution in [3.05, 3.63) is 75.9 Å². The zero-order valence-electron chi connectivity index (χ0n) is 22.0. The average molecular weight is 545 g/mol. The van der Waals surface area contributed by atoms with Crippen LogP contribution in [-0.4, -0.2) is 33.1 Å². The SMILES string of the molecule is Cc1ccc(N(C(=O)c2snc(C(N)=O)c2N)C(C(=O)NC2CCCCC2)c2c[nH]c3ccccc23)cc1C. The Labute approximate surface area is 230 Å². The maximum absolute atomic E-state index is 14.3. The molecule has 39 heavy (non-hydrogen) atoms. The lowest BCUT2D eigenvalue weighted by Crippen LogP contribution is -2.47. The number of nitrogen functional groups attached to an aromatic ring is 1. The lowest BCUT2D eigenvalue weighted by molar-refractivity contribution is -0.123. The van der Waals surface area contributed by atoms with Crippen LogP contribution < -0.4 is 21.7 Å². The van der Waals surface area contributed by atoms with Crippen LogP contribution in [0.3, 0.4) is 0 Å². The van der Waals surface area contributed by atoms with E-state index in [0.29, 0.717) is 11.3 Å². The van der Waals surface area contributed by atoms with Crippen LogP contribution >= 0.6 is 11.5 Å². The highest BCUT2D eigenvalue weighted by molar-refractivity contribution is 7.09. The predicted molar refractivity (Wildman–Crippen MR) is 154 cm³/mol. The number of anilines is 2. The van der Waals surface area contributed by atoms with Gasteiger partial charge in [0.2, 0.25) is 5.91 Å². The molecule has 0 saturated heterocycles. The fourth-order valence-electron chi connectivity index (χ4n) is 5.24. The van der Waals surface area contributed by atoms with E-state index in [2.05, 4.69) is 14.7 Å². The van der Waals surface area contributed by atoms with E-state index in [1.54, 1.807) is 6.20 Å². The first-order chi connectivity index (χ1) is 18.8. The summed E-state index contributed by atoms with van der Waals surface area (Å²) < 4.78 is 4.04. The number of para-hydroxylation sites is 1. The van der Waals surface area contributed by atoms with Crippen molar-refractivity contribution in [2.24, 2.45) is 5.73 Å². The molecule has 1 unspecified atom stereocenters. The molecule has 1 saturated carbocycles. The van der Waals surface area contributed by atoms with Gasteiger partial charge in [0.15, 0.2) is 5.69 Å². The Kier molecular flexibility index (Phi) is 7.38. The fraction of sp³-hybridized carbons (Fsp3) is 0.310. The summed E-state index contributed by atoms with van der Waals surface area (Å²) in [5, 5.41) is 4.06. The molecule has 202 valence electrons. The Morgan fingerprint density at radius 1 is 1.08 bits per heavy atom. The number of rotatable bonds is 7. The molecule has 6 N–H and O–H groups in total. The highest BCUT2D eigenvalue weighted by atomic mass is 32.1. The van der Waals surface area contributed by atoms with Crippen LogP contribution in [0.4, 0.5) is 11.4 Å². The molecule has 5 rings (SSSR count). The minimum absolute atomic E-state index is 0.0330. The van der Waals surface area contributed by atoms with E-state index in [-0.39, 0.29) is 28.2 Å². The summed E-state index contributed by atoms with van der Waals surface area (Å²) in [6, 6.07) is 12.3. The van der Waals surface area contributed by atoms with Crippen LogP contribution in [0.5, 0.6) is 0 Å². The average Bonchev–Trinajstić information content (AvgIpc) is 3.53. The first kappa shape index (κ1) is 26.4. The van der Waals surface area contributed by atoms with Crippen molar-refractivity contribution in [3.63, 3.8) is 0 Å². The van der Waals surface area contributed by atoms with Gasteiger partial charge in [-0.25, -0.2) is 0 Å². The van der Waals surface area contributed by atoms with Crippen LogP contribution in [0.15, 0.2) is 48.7 Å². The molecule has 2 aromatic carbocycles. The molecule has 1 atom stereocenters. The van der Waals surface area contributed by atoms with E-state index in [1.165, 1.54) is 4.90 Å². The molecule has 0 spiro atoms. The highest BCUT2D eigenvalue weighted by Gasteiger charge is 2.38. The molecule has 0 bridgehead atoms. The van der Waals surface area contributed by atoms with Gasteiger partial charge < -0.3 is 21.8 Å². The van der Waals surface area contributed by atoms with Gasteiger partial charge >= 0.3 is 0 Å². The molecule has 2 heterocycles. The van der Waals surface area contributed by atoms with Gasteiger partial charge in [-0.3, -0.25) is 19.3 Å². The normalized spacial score (nSPS) is 14.7. The minimum atomic E-state index is -1.02. The van der Waals surface area contributed by atoms with E-state index < -0.39 is 17.9 Å². The molecule has 10 heteroatoms. The summed E-state index contributed by atoms with van der Waals surface area (Å²) in [5.41, 5.74) is 15.5. The number of fused-ring (bicyclic) bond motifs is 1. The summed E-state index contributed by atoms with van der Waals surface area (Å²) in [4.78, 5) is 45.2. The zero-order chi connectivity index (χ0) is 27.7. The van der Waals surface area contributed by atoms with Crippen molar-refractivity contribution in [2.75, 3.05) is 10.6 Å². The van der Waals surface area contributed by atoms with Crippen molar-refractivity contribution in [2.45, 2.75) is 58.0 Å². The molecular formula is C29H32N6O3S. The maximum Gasteiger partial charge on any atom is 0.273 e. The number of aromatic amines is 1. The standard InChI is InChI=1S/C29H32N6O3S/c1-16-12-13-19(14-17(16)2)35(29(38)26-23(30)24(27(31)36)34-39-26)25(28(37)33-18-8-4-3-5-9-18)21-15-32-22-11-7-6-10-20(21)22/h6-7,10-15,18,25,32H,3-5,8-9,30H2,1-2H3,(H2,31,36)(H,33,37). The Hall–Kier alpha value is -4.18. The van der Waals surface area contributed by atoms with Gasteiger partial charge in [0, 0.05) is 34.4 Å². The van der Waals surface area contributed by atoms with Crippen LogP contribution in [-0.2, 0) is 4.79 Å². The largest absolute Gasteiger partial charge is 0.395 e. The van der Waals surface area contributed by atoms with E-state index in [4.69, 9.17) is 11.5 Å². The highest BCUT2D eigenvalue weighted by Crippen LogP contribution is 2.37. The lowest BCUT2D eigenvalue weighted by Gasteiger charge is -2.33. The van der Waals surface area contributed by atoms with Crippen LogP contribution in [0.25, 0.3) is 10.9 Å². The van der Waals surface area contributed by atoms with Crippen molar-refractivity contribution < 1.29 is 14.4 Å². The molecule has 1 fully saturated rings. The Balaban J connectivity index is 1.69. The molecule has 2 aromatic heterocycles. The smallest absolute Gasteiger partial charge is 0.273 e. The van der Waals surface area contributed by atoms with Gasteiger partial charge in [0.25, 0.3) is 11.8 Å². The Morgan fingerprint density at radius 2 is 1.82 bits per heavy atom. The molecule has 1 aliphatic carbocycles. The number of nitrogens with two attached hydrogens (primary N) is 2. The minimum Gasteiger partial charge on any atom is -0.395 e. The number of amides is 3. The van der Waals surface area contributed by atoms with Gasteiger partial charge in [-0.1, -0.05) is 43.5 Å². The number of hydrogen-bond acceptors (Lipinski definition) is 6. The van der Waals surface area contributed by atoms with Crippen molar-refractivity contribution in [1.29, 1.82) is 0 Å². The molecular weight excluding hydrogens is 512 g/mol. The zero-order valence-corrected chi connectivity index (χ0v) is 22.8. The Bertz CT molecular complexity index is 1550. The van der Waals surface area contributed by atoms with Crippen LogP contribution in [0.1, 0.15) is 75.0 Å². The summed E-state index contributed by atoms with van der Waals surface area (Å²) in [5.74, 6) is -1.63. The lowest BCUT2D eigenvalue weighted by atomic mass is 9.94. The first-order valence-corrected chi connectivity index (χ1v) is 13.9. The Morgan fingerprint density at radius 3 is 2.51 bits per heavy atom. The number of aromatic nitrogens is 2. The van der Waals surface area contributed by atoms with Crippen molar-refractivity contribution >= 4 is 51.5 Å². The third kappa shape index (κ3) is 5.12. The van der Waals surface area contributed by atoms with Crippen molar-refractivity contribution in [3.8, 4) is 0 Å². The second-order valence-corrected chi connectivity index (χ2v) is 10.9. The third-order valence-corrected chi connectivity index (χ3v) is 8.37. The number of primary amides is 1. The number of H-pyrrole nitrogens is 1. The second-order valence-electron chi connectivity index (χ2n) is 10.1. The molecule has 0 radical (unpaired) electrons. The molecule has 4 aromatic rings. The monoisotopic (exact) mass is 544 g/mol. The van der Waals surface area contributed by atoms with Crippen molar-refractivity contribution in [1.82, 2.24) is 14.7 Å². The van der Waals surface area contributed by atoms with E-state index in [1.807, 2.05) is 56.3 Å². The second kappa shape index (κ2) is 10.9. The van der Waals surface area contributed by atoms with E-state index >= 15 is 0 Å². The number of carbonyl (C=O) groups excluding carboxylic acids is 3. The van der Waals surface area contributed by atoms with Gasteiger partial charge in [0.05, 0.1) is 5.69 Å². The van der Waals surface area contributed by atoms with Gasteiger partial charge in [-0.15, -0.1) is 0 Å². The summed E-state index contributed by atoms with van der Waals surface area (Å²) in [7, 11) is 0. The number of benzene rings is 2. The molecule has 1 aliphatic rings. The molecule has 0 aliphatic heterocycles.